The number of anilines is 1. The first-order valence-corrected chi connectivity index (χ1v) is 7.26. The summed E-state index contributed by atoms with van der Waals surface area (Å²) < 4.78 is 16.1. The second-order valence-electron chi connectivity index (χ2n) is 5.05. The van der Waals surface area contributed by atoms with Gasteiger partial charge in [-0.15, -0.1) is 0 Å². The highest BCUT2D eigenvalue weighted by Crippen LogP contribution is 2.37. The summed E-state index contributed by atoms with van der Waals surface area (Å²) in [6.45, 7) is 0. The first-order chi connectivity index (χ1) is 9.67. The van der Waals surface area contributed by atoms with Gasteiger partial charge in [-0.2, -0.15) is 0 Å². The minimum absolute atomic E-state index is 0.335. The molecule has 4 nitrogen and oxygen atoms in total. The van der Waals surface area contributed by atoms with E-state index in [1.807, 2.05) is 6.07 Å². The van der Waals surface area contributed by atoms with Gasteiger partial charge in [-0.1, -0.05) is 11.6 Å². The van der Waals surface area contributed by atoms with Crippen molar-refractivity contribution in [2.24, 2.45) is 0 Å². The van der Waals surface area contributed by atoms with Crippen LogP contribution in [0, 0.1) is 0 Å². The fraction of sp³-hybridized carbons (Fsp3) is 0.600. The van der Waals surface area contributed by atoms with E-state index in [-0.39, 0.29) is 0 Å². The molecule has 0 radical (unpaired) electrons. The second-order valence-corrected chi connectivity index (χ2v) is 5.46. The monoisotopic (exact) mass is 299 g/mol. The van der Waals surface area contributed by atoms with Crippen LogP contribution in [0.2, 0.25) is 5.02 Å². The number of hydrogen-bond donors (Lipinski definition) is 1. The normalized spacial score (nSPS) is 22.4. The molecule has 0 amide bonds. The van der Waals surface area contributed by atoms with Crippen molar-refractivity contribution in [1.82, 2.24) is 0 Å². The largest absolute Gasteiger partial charge is 0.495 e. The maximum absolute atomic E-state index is 6.12. The Labute approximate surface area is 125 Å². The summed E-state index contributed by atoms with van der Waals surface area (Å²) in [5.41, 5.74) is 0.913. The predicted molar refractivity (Wildman–Crippen MR) is 81.2 cm³/mol. The number of rotatable bonds is 5. The van der Waals surface area contributed by atoms with Gasteiger partial charge < -0.3 is 19.5 Å². The zero-order valence-corrected chi connectivity index (χ0v) is 13.0. The SMILES string of the molecule is COc1cc(NC2CCCC(OC)C2)c(OC)cc1Cl. The number of ether oxygens (including phenoxy) is 3. The Morgan fingerprint density at radius 1 is 1.10 bits per heavy atom. The van der Waals surface area contributed by atoms with Crippen molar-refractivity contribution in [2.45, 2.75) is 37.8 Å². The van der Waals surface area contributed by atoms with Gasteiger partial charge in [-0.05, 0) is 25.7 Å². The van der Waals surface area contributed by atoms with Gasteiger partial charge in [0.15, 0.2) is 0 Å². The van der Waals surface area contributed by atoms with E-state index < -0.39 is 0 Å². The zero-order valence-electron chi connectivity index (χ0n) is 12.2. The van der Waals surface area contributed by atoms with Gasteiger partial charge in [-0.25, -0.2) is 0 Å². The molecular weight excluding hydrogens is 278 g/mol. The van der Waals surface area contributed by atoms with Crippen LogP contribution in [0.3, 0.4) is 0 Å². The molecule has 0 saturated heterocycles. The first kappa shape index (κ1) is 15.3. The Bertz CT molecular complexity index is 453. The molecule has 0 bridgehead atoms. The molecule has 2 atom stereocenters. The summed E-state index contributed by atoms with van der Waals surface area (Å²) >= 11 is 6.12. The quantitative estimate of drug-likeness (QED) is 0.899. The van der Waals surface area contributed by atoms with E-state index in [2.05, 4.69) is 5.32 Å². The van der Waals surface area contributed by atoms with Crippen LogP contribution < -0.4 is 14.8 Å². The fourth-order valence-corrected chi connectivity index (χ4v) is 2.91. The van der Waals surface area contributed by atoms with Crippen molar-refractivity contribution in [3.8, 4) is 11.5 Å². The van der Waals surface area contributed by atoms with E-state index in [1.165, 1.54) is 6.42 Å². The van der Waals surface area contributed by atoms with Gasteiger partial charge in [0.05, 0.1) is 31.0 Å². The van der Waals surface area contributed by atoms with Crippen molar-refractivity contribution in [3.05, 3.63) is 17.2 Å². The molecule has 20 heavy (non-hydrogen) atoms. The Morgan fingerprint density at radius 3 is 2.50 bits per heavy atom. The molecule has 1 aromatic rings. The van der Waals surface area contributed by atoms with Crippen LogP contribution in [0.4, 0.5) is 5.69 Å². The molecule has 2 unspecified atom stereocenters. The number of benzene rings is 1. The molecule has 0 spiro atoms. The topological polar surface area (TPSA) is 39.7 Å². The third-order valence-corrected chi connectivity index (χ3v) is 4.09. The summed E-state index contributed by atoms with van der Waals surface area (Å²) in [4.78, 5) is 0. The molecule has 0 aliphatic heterocycles. The lowest BCUT2D eigenvalue weighted by Crippen LogP contribution is -2.31. The van der Waals surface area contributed by atoms with Crippen LogP contribution in [0.15, 0.2) is 12.1 Å². The van der Waals surface area contributed by atoms with E-state index >= 15 is 0 Å². The smallest absolute Gasteiger partial charge is 0.143 e. The summed E-state index contributed by atoms with van der Waals surface area (Å²) in [7, 11) is 5.03. The van der Waals surface area contributed by atoms with Crippen molar-refractivity contribution in [3.63, 3.8) is 0 Å². The van der Waals surface area contributed by atoms with Gasteiger partial charge in [-0.3, -0.25) is 0 Å². The second kappa shape index (κ2) is 7.04. The molecule has 1 aliphatic rings. The highest BCUT2D eigenvalue weighted by Gasteiger charge is 2.22. The van der Waals surface area contributed by atoms with Crippen LogP contribution in [0.1, 0.15) is 25.7 Å². The highest BCUT2D eigenvalue weighted by molar-refractivity contribution is 6.32. The van der Waals surface area contributed by atoms with Gasteiger partial charge in [0.2, 0.25) is 0 Å². The molecular formula is C15H22ClNO3. The highest BCUT2D eigenvalue weighted by atomic mass is 35.5. The molecule has 0 heterocycles. The maximum Gasteiger partial charge on any atom is 0.143 e. The number of halogens is 1. The summed E-state index contributed by atoms with van der Waals surface area (Å²) in [5, 5.41) is 4.07. The number of methoxy groups -OCH3 is 3. The lowest BCUT2D eigenvalue weighted by atomic mass is 9.92. The van der Waals surface area contributed by atoms with Crippen molar-refractivity contribution < 1.29 is 14.2 Å². The minimum Gasteiger partial charge on any atom is -0.495 e. The van der Waals surface area contributed by atoms with Gasteiger partial charge >= 0.3 is 0 Å². The predicted octanol–water partition coefficient (Wildman–Crippen LogP) is 3.73. The lowest BCUT2D eigenvalue weighted by Gasteiger charge is -2.30. The van der Waals surface area contributed by atoms with Crippen molar-refractivity contribution in [2.75, 3.05) is 26.6 Å². The molecule has 0 aromatic heterocycles. The molecule has 1 fully saturated rings. The minimum atomic E-state index is 0.335. The van der Waals surface area contributed by atoms with Crippen LogP contribution in [-0.4, -0.2) is 33.5 Å². The average molecular weight is 300 g/mol. The van der Waals surface area contributed by atoms with Gasteiger partial charge in [0.25, 0.3) is 0 Å². The first-order valence-electron chi connectivity index (χ1n) is 6.88. The summed E-state index contributed by atoms with van der Waals surface area (Å²) in [6.07, 6.45) is 4.78. The standard InChI is InChI=1S/C15H22ClNO3/c1-18-11-6-4-5-10(7-11)17-13-9-14(19-2)12(16)8-15(13)20-3/h8-11,17H,4-7H2,1-3H3. The van der Waals surface area contributed by atoms with Crippen LogP contribution in [0.5, 0.6) is 11.5 Å². The van der Waals surface area contributed by atoms with Crippen LogP contribution in [-0.2, 0) is 4.74 Å². The average Bonchev–Trinajstić information content (AvgIpc) is 2.48. The Balaban J connectivity index is 2.15. The molecule has 1 N–H and O–H groups in total. The van der Waals surface area contributed by atoms with Gasteiger partial charge in [0.1, 0.15) is 11.5 Å². The van der Waals surface area contributed by atoms with E-state index in [4.69, 9.17) is 25.8 Å². The lowest BCUT2D eigenvalue weighted by molar-refractivity contribution is 0.0669. The Kier molecular flexibility index (Phi) is 5.38. The molecule has 1 aliphatic carbocycles. The van der Waals surface area contributed by atoms with Gasteiger partial charge in [0, 0.05) is 25.3 Å². The van der Waals surface area contributed by atoms with Crippen molar-refractivity contribution >= 4 is 17.3 Å². The summed E-state index contributed by atoms with van der Waals surface area (Å²) in [6, 6.07) is 4.05. The van der Waals surface area contributed by atoms with Crippen molar-refractivity contribution in [1.29, 1.82) is 0 Å². The molecule has 5 heteroatoms. The third-order valence-electron chi connectivity index (χ3n) is 3.79. The zero-order chi connectivity index (χ0) is 14.5. The molecule has 1 saturated carbocycles. The van der Waals surface area contributed by atoms with Crippen LogP contribution in [0.25, 0.3) is 0 Å². The van der Waals surface area contributed by atoms with E-state index in [0.29, 0.717) is 22.9 Å². The van der Waals surface area contributed by atoms with E-state index in [1.54, 1.807) is 27.4 Å². The van der Waals surface area contributed by atoms with E-state index in [9.17, 15) is 0 Å². The third kappa shape index (κ3) is 3.49. The molecule has 1 aromatic carbocycles. The Morgan fingerprint density at radius 2 is 1.85 bits per heavy atom. The Hall–Kier alpha value is -1.13. The number of nitrogens with one attached hydrogen (secondary N) is 1. The molecule has 2 rings (SSSR count). The van der Waals surface area contributed by atoms with Crippen LogP contribution >= 0.6 is 11.6 Å². The maximum atomic E-state index is 6.12. The number of hydrogen-bond acceptors (Lipinski definition) is 4. The summed E-state index contributed by atoms with van der Waals surface area (Å²) in [5.74, 6) is 1.38. The fourth-order valence-electron chi connectivity index (χ4n) is 2.68. The molecule has 112 valence electrons. The van der Waals surface area contributed by atoms with E-state index in [0.717, 1.165) is 30.7 Å².